The van der Waals surface area contributed by atoms with Gasteiger partial charge in [-0.05, 0) is 74.0 Å². The third kappa shape index (κ3) is 5.14. The van der Waals surface area contributed by atoms with E-state index in [9.17, 15) is 9.59 Å². The van der Waals surface area contributed by atoms with Gasteiger partial charge in [0, 0.05) is 11.1 Å². The molecule has 3 rings (SSSR count). The van der Waals surface area contributed by atoms with Crippen LogP contribution < -0.4 is 9.47 Å². The average molecular weight is 432 g/mol. The number of carbonyl (C=O) groups is 2. The summed E-state index contributed by atoms with van der Waals surface area (Å²) in [7, 11) is 0. The highest BCUT2D eigenvalue weighted by molar-refractivity contribution is 8.18. The number of nitrogens with zero attached hydrogens (tertiary/aromatic N) is 1. The maximum Gasteiger partial charge on any atom is 0.293 e. The Morgan fingerprint density at radius 1 is 1.10 bits per heavy atom. The molecule has 0 spiro atoms. The lowest BCUT2D eigenvalue weighted by Gasteiger charge is -2.16. The van der Waals surface area contributed by atoms with Gasteiger partial charge in [0.2, 0.25) is 0 Å². The van der Waals surface area contributed by atoms with E-state index < -0.39 is 0 Å². The second-order valence-corrected chi connectivity index (χ2v) is 8.13. The topological polar surface area (TPSA) is 55.8 Å². The summed E-state index contributed by atoms with van der Waals surface area (Å²) < 4.78 is 11.6. The van der Waals surface area contributed by atoms with Crippen molar-refractivity contribution in [1.29, 1.82) is 0 Å². The standard InChI is InChI=1S/C22H22ClNO4S/c1-4-27-19-11-15(12-20-21(25)24(14(2)3)22(26)29-20)8-9-18(19)28-13-16-6-5-7-17(23)10-16/h5-12,14H,4,13H2,1-3H3/b20-12-. The lowest BCUT2D eigenvalue weighted by molar-refractivity contribution is -0.123. The predicted octanol–water partition coefficient (Wildman–Crippen LogP) is 5.76. The molecule has 0 N–H and O–H groups in total. The number of benzene rings is 2. The van der Waals surface area contributed by atoms with E-state index in [0.717, 1.165) is 22.9 Å². The molecule has 2 aromatic rings. The molecule has 0 unspecified atom stereocenters. The van der Waals surface area contributed by atoms with Gasteiger partial charge in [0.1, 0.15) is 6.61 Å². The highest BCUT2D eigenvalue weighted by Gasteiger charge is 2.36. The van der Waals surface area contributed by atoms with Gasteiger partial charge in [-0.3, -0.25) is 14.5 Å². The quantitative estimate of drug-likeness (QED) is 0.521. The number of carbonyl (C=O) groups excluding carboxylic acids is 2. The molecule has 1 aliphatic rings. The molecule has 1 heterocycles. The molecule has 7 heteroatoms. The molecule has 0 bridgehead atoms. The minimum absolute atomic E-state index is 0.172. The fraction of sp³-hybridized carbons (Fsp3) is 0.273. The zero-order chi connectivity index (χ0) is 21.0. The van der Waals surface area contributed by atoms with Gasteiger partial charge in [-0.1, -0.05) is 29.8 Å². The van der Waals surface area contributed by atoms with E-state index in [1.807, 2.05) is 51.1 Å². The van der Waals surface area contributed by atoms with Crippen LogP contribution >= 0.6 is 23.4 Å². The van der Waals surface area contributed by atoms with Crippen molar-refractivity contribution >= 4 is 40.6 Å². The zero-order valence-electron chi connectivity index (χ0n) is 16.5. The van der Waals surface area contributed by atoms with E-state index in [0.29, 0.717) is 34.6 Å². The minimum atomic E-state index is -0.269. The van der Waals surface area contributed by atoms with Crippen molar-refractivity contribution in [1.82, 2.24) is 4.90 Å². The van der Waals surface area contributed by atoms with E-state index in [4.69, 9.17) is 21.1 Å². The maximum atomic E-state index is 12.5. The molecule has 5 nitrogen and oxygen atoms in total. The van der Waals surface area contributed by atoms with Crippen LogP contribution in [0, 0.1) is 0 Å². The van der Waals surface area contributed by atoms with Crippen molar-refractivity contribution in [3.8, 4) is 11.5 Å². The van der Waals surface area contributed by atoms with E-state index in [2.05, 4.69) is 0 Å². The third-order valence-electron chi connectivity index (χ3n) is 4.19. The summed E-state index contributed by atoms with van der Waals surface area (Å²) in [4.78, 5) is 26.2. The molecule has 2 amide bonds. The number of hydrogen-bond acceptors (Lipinski definition) is 5. The Labute approximate surface area is 179 Å². The average Bonchev–Trinajstić information content (AvgIpc) is 2.95. The first-order valence-corrected chi connectivity index (χ1v) is 10.5. The molecule has 0 radical (unpaired) electrons. The number of thioether (sulfide) groups is 1. The lowest BCUT2D eigenvalue weighted by atomic mass is 10.1. The van der Waals surface area contributed by atoms with Crippen LogP contribution in [0.25, 0.3) is 6.08 Å². The number of hydrogen-bond donors (Lipinski definition) is 0. The molecule has 0 atom stereocenters. The van der Waals surface area contributed by atoms with Gasteiger partial charge in [0.15, 0.2) is 11.5 Å². The summed E-state index contributed by atoms with van der Waals surface area (Å²) in [5.74, 6) is 0.903. The Morgan fingerprint density at radius 3 is 2.55 bits per heavy atom. The van der Waals surface area contributed by atoms with Gasteiger partial charge >= 0.3 is 0 Å². The van der Waals surface area contributed by atoms with E-state index in [1.165, 1.54) is 4.90 Å². The Balaban J connectivity index is 1.80. The first-order chi connectivity index (χ1) is 13.9. The normalized spacial score (nSPS) is 15.5. The smallest absolute Gasteiger partial charge is 0.293 e. The molecule has 1 fully saturated rings. The van der Waals surface area contributed by atoms with Crippen LogP contribution in [0.2, 0.25) is 5.02 Å². The molecular weight excluding hydrogens is 410 g/mol. The Kier molecular flexibility index (Phi) is 6.87. The Hall–Kier alpha value is -2.44. The fourth-order valence-electron chi connectivity index (χ4n) is 2.87. The van der Waals surface area contributed by atoms with Crippen molar-refractivity contribution in [3.05, 3.63) is 63.5 Å². The van der Waals surface area contributed by atoms with Crippen molar-refractivity contribution < 1.29 is 19.1 Å². The molecular formula is C22H22ClNO4S. The van der Waals surface area contributed by atoms with Gasteiger partial charge < -0.3 is 9.47 Å². The first-order valence-electron chi connectivity index (χ1n) is 9.30. The number of imide groups is 1. The van der Waals surface area contributed by atoms with Crippen LogP contribution in [0.3, 0.4) is 0 Å². The highest BCUT2D eigenvalue weighted by Crippen LogP contribution is 2.35. The third-order valence-corrected chi connectivity index (χ3v) is 5.31. The highest BCUT2D eigenvalue weighted by atomic mass is 35.5. The Morgan fingerprint density at radius 2 is 1.90 bits per heavy atom. The van der Waals surface area contributed by atoms with E-state index >= 15 is 0 Å². The summed E-state index contributed by atoms with van der Waals surface area (Å²) in [6, 6.07) is 12.7. The van der Waals surface area contributed by atoms with Gasteiger partial charge in [0.05, 0.1) is 11.5 Å². The summed E-state index contributed by atoms with van der Waals surface area (Å²) in [5.41, 5.74) is 1.71. The van der Waals surface area contributed by atoms with Crippen LogP contribution in [0.4, 0.5) is 4.79 Å². The second-order valence-electron chi connectivity index (χ2n) is 6.70. The summed E-state index contributed by atoms with van der Waals surface area (Å²) >= 11 is 6.97. The van der Waals surface area contributed by atoms with Crippen molar-refractivity contribution in [2.75, 3.05) is 6.61 Å². The Bertz CT molecular complexity index is 958. The molecule has 0 aromatic heterocycles. The van der Waals surface area contributed by atoms with E-state index in [-0.39, 0.29) is 17.2 Å². The predicted molar refractivity (Wildman–Crippen MR) is 116 cm³/mol. The van der Waals surface area contributed by atoms with Crippen LogP contribution in [0.1, 0.15) is 31.9 Å². The lowest BCUT2D eigenvalue weighted by Crippen LogP contribution is -2.34. The zero-order valence-corrected chi connectivity index (χ0v) is 18.0. The molecule has 152 valence electrons. The number of amides is 2. The van der Waals surface area contributed by atoms with Gasteiger partial charge in [-0.25, -0.2) is 0 Å². The fourth-order valence-corrected chi connectivity index (χ4v) is 4.04. The largest absolute Gasteiger partial charge is 0.490 e. The van der Waals surface area contributed by atoms with Gasteiger partial charge in [-0.15, -0.1) is 0 Å². The van der Waals surface area contributed by atoms with Crippen molar-refractivity contribution in [2.45, 2.75) is 33.4 Å². The molecule has 29 heavy (non-hydrogen) atoms. The van der Waals surface area contributed by atoms with E-state index in [1.54, 1.807) is 18.2 Å². The summed E-state index contributed by atoms with van der Waals surface area (Å²) in [5, 5.41) is 0.407. The number of rotatable bonds is 7. The summed E-state index contributed by atoms with van der Waals surface area (Å²) in [6.07, 6.45) is 1.70. The van der Waals surface area contributed by atoms with Crippen LogP contribution in [0.5, 0.6) is 11.5 Å². The molecule has 0 aliphatic carbocycles. The van der Waals surface area contributed by atoms with Crippen LogP contribution in [0.15, 0.2) is 47.4 Å². The first kappa shape index (κ1) is 21.3. The van der Waals surface area contributed by atoms with Crippen LogP contribution in [-0.4, -0.2) is 28.7 Å². The second kappa shape index (κ2) is 9.37. The maximum absolute atomic E-state index is 12.5. The minimum Gasteiger partial charge on any atom is -0.490 e. The molecule has 0 saturated carbocycles. The molecule has 2 aromatic carbocycles. The summed E-state index contributed by atoms with van der Waals surface area (Å²) in [6.45, 7) is 6.35. The molecule has 1 saturated heterocycles. The van der Waals surface area contributed by atoms with Crippen molar-refractivity contribution in [2.24, 2.45) is 0 Å². The SMILES string of the molecule is CCOc1cc(/C=C2\SC(=O)N(C(C)C)C2=O)ccc1OCc1cccc(Cl)c1. The monoisotopic (exact) mass is 431 g/mol. The molecule has 1 aliphatic heterocycles. The van der Waals surface area contributed by atoms with Gasteiger partial charge in [-0.2, -0.15) is 0 Å². The van der Waals surface area contributed by atoms with Gasteiger partial charge in [0.25, 0.3) is 11.1 Å². The number of halogens is 1. The number of ether oxygens (including phenoxy) is 2. The van der Waals surface area contributed by atoms with Crippen LogP contribution in [-0.2, 0) is 11.4 Å². The van der Waals surface area contributed by atoms with Crippen molar-refractivity contribution in [3.63, 3.8) is 0 Å².